The molecule has 0 spiro atoms. The molecule has 2 N–H and O–H groups in total. The molecule has 1 aliphatic carbocycles. The van der Waals surface area contributed by atoms with Gasteiger partial charge in [-0.15, -0.1) is 0 Å². The van der Waals surface area contributed by atoms with Crippen molar-refractivity contribution in [2.24, 2.45) is 0 Å². The number of carboxylic acid groups (broad SMARTS) is 1. The summed E-state index contributed by atoms with van der Waals surface area (Å²) in [7, 11) is 0. The third kappa shape index (κ3) is 4.89. The lowest BCUT2D eigenvalue weighted by Crippen LogP contribution is -2.46. The van der Waals surface area contributed by atoms with Crippen LogP contribution in [0, 0.1) is 0 Å². The van der Waals surface area contributed by atoms with Crippen molar-refractivity contribution in [1.29, 1.82) is 0 Å². The van der Waals surface area contributed by atoms with Crippen molar-refractivity contribution in [2.45, 2.75) is 18.4 Å². The Balaban J connectivity index is 1.19. The van der Waals surface area contributed by atoms with Crippen molar-refractivity contribution < 1.29 is 29.0 Å². The molecule has 0 bridgehead atoms. The van der Waals surface area contributed by atoms with E-state index in [0.717, 1.165) is 33.6 Å². The number of hydrogen-bond donors (Lipinski definition) is 2. The summed E-state index contributed by atoms with van der Waals surface area (Å²) >= 11 is 1.04. The van der Waals surface area contributed by atoms with E-state index >= 15 is 0 Å². The second-order valence-corrected chi connectivity index (χ2v) is 9.35. The van der Waals surface area contributed by atoms with Crippen LogP contribution in [-0.4, -0.2) is 65.4 Å². The molecule has 1 aromatic heterocycles. The van der Waals surface area contributed by atoms with Gasteiger partial charge in [0.2, 0.25) is 0 Å². The predicted molar refractivity (Wildman–Crippen MR) is 129 cm³/mol. The molecule has 1 fully saturated rings. The zero-order valence-electron chi connectivity index (χ0n) is 18.7. The van der Waals surface area contributed by atoms with E-state index in [4.69, 9.17) is 14.6 Å². The topological polar surface area (TPSA) is 118 Å². The zero-order valence-corrected chi connectivity index (χ0v) is 19.5. The van der Waals surface area contributed by atoms with Crippen molar-refractivity contribution >= 4 is 34.4 Å². The minimum Gasteiger partial charge on any atom is -0.481 e. The molecule has 1 unspecified atom stereocenters. The van der Waals surface area contributed by atoms with E-state index in [1.807, 2.05) is 36.4 Å². The van der Waals surface area contributed by atoms with Crippen LogP contribution >= 0.6 is 11.3 Å². The largest absolute Gasteiger partial charge is 0.481 e. The average molecular weight is 494 g/mol. The number of nitrogens with one attached hydrogen (secondary N) is 1. The zero-order chi connectivity index (χ0) is 24.4. The molecule has 0 radical (unpaired) electrons. The van der Waals surface area contributed by atoms with E-state index in [1.165, 1.54) is 6.20 Å². The molecule has 2 aliphatic rings. The molecule has 35 heavy (non-hydrogen) atoms. The highest BCUT2D eigenvalue weighted by atomic mass is 32.1. The van der Waals surface area contributed by atoms with Crippen LogP contribution < -0.4 is 5.32 Å². The minimum atomic E-state index is -0.975. The Morgan fingerprint density at radius 2 is 1.80 bits per heavy atom. The molecule has 5 rings (SSSR count). The first-order valence-corrected chi connectivity index (χ1v) is 12.0. The predicted octanol–water partition coefficient (Wildman–Crippen LogP) is 3.82. The standard InChI is InChI=1S/C25H23N3O6S/c29-22(30)11-15-13-28(9-10-33-15)23(31)21-12-26-24(35-21)27-25(32)34-14-20-18-7-3-1-5-16(18)17-6-2-4-8-19(17)20/h1-8,12,15,20H,9-11,13-14H2,(H,29,30)(H,26,27,32). The van der Waals surface area contributed by atoms with Crippen LogP contribution in [0.1, 0.15) is 33.1 Å². The Kier molecular flexibility index (Phi) is 6.47. The SMILES string of the molecule is O=C(O)CC1CN(C(=O)c2cnc(NC(=O)OCC3c4ccccc4-c4ccccc43)s2)CCO1. The molecular formula is C25H23N3O6S. The number of anilines is 1. The lowest BCUT2D eigenvalue weighted by Gasteiger charge is -2.31. The van der Waals surface area contributed by atoms with Gasteiger partial charge in [-0.25, -0.2) is 9.78 Å². The maximum atomic E-state index is 12.8. The van der Waals surface area contributed by atoms with Crippen LogP contribution in [0.4, 0.5) is 9.93 Å². The number of aliphatic carboxylic acids is 1. The molecule has 1 saturated heterocycles. The number of ether oxygens (including phenoxy) is 2. The summed E-state index contributed by atoms with van der Waals surface area (Å²) in [6.07, 6.45) is 0.0408. The minimum absolute atomic E-state index is 0.0540. The van der Waals surface area contributed by atoms with E-state index in [9.17, 15) is 14.4 Å². The van der Waals surface area contributed by atoms with Crippen LogP contribution in [0.5, 0.6) is 0 Å². The third-order valence-corrected chi connectivity index (χ3v) is 7.00. The number of thiazole rings is 1. The highest BCUT2D eigenvalue weighted by Crippen LogP contribution is 2.44. The summed E-state index contributed by atoms with van der Waals surface area (Å²) in [5, 5.41) is 11.8. The quantitative estimate of drug-likeness (QED) is 0.536. The molecule has 2 aromatic carbocycles. The Hall–Kier alpha value is -3.76. The number of carbonyl (C=O) groups is 3. The average Bonchev–Trinajstić information content (AvgIpc) is 3.45. The first-order chi connectivity index (χ1) is 17.0. The molecule has 10 heteroatoms. The van der Waals surface area contributed by atoms with Crippen LogP contribution in [0.2, 0.25) is 0 Å². The van der Waals surface area contributed by atoms with Crippen LogP contribution in [0.25, 0.3) is 11.1 Å². The van der Waals surface area contributed by atoms with E-state index in [1.54, 1.807) is 4.90 Å². The van der Waals surface area contributed by atoms with Gasteiger partial charge in [0.15, 0.2) is 5.13 Å². The number of rotatable bonds is 6. The maximum absolute atomic E-state index is 12.8. The maximum Gasteiger partial charge on any atom is 0.413 e. The van der Waals surface area contributed by atoms with Crippen LogP contribution in [0.15, 0.2) is 54.7 Å². The van der Waals surface area contributed by atoms with Crippen molar-refractivity contribution in [3.05, 3.63) is 70.7 Å². The molecule has 2 heterocycles. The molecule has 180 valence electrons. The summed E-state index contributed by atoms with van der Waals surface area (Å²) in [5.74, 6) is -1.31. The van der Waals surface area contributed by atoms with Gasteiger partial charge in [-0.2, -0.15) is 0 Å². The number of hydrogen-bond acceptors (Lipinski definition) is 7. The van der Waals surface area contributed by atoms with Gasteiger partial charge >= 0.3 is 12.1 Å². The number of aromatic nitrogens is 1. The Morgan fingerprint density at radius 1 is 1.11 bits per heavy atom. The highest BCUT2D eigenvalue weighted by molar-refractivity contribution is 7.17. The Morgan fingerprint density at radius 3 is 2.49 bits per heavy atom. The number of nitrogens with zero attached hydrogens (tertiary/aromatic N) is 2. The van der Waals surface area contributed by atoms with Gasteiger partial charge in [0.1, 0.15) is 11.5 Å². The normalized spacial score (nSPS) is 16.9. The number of amides is 2. The first-order valence-electron chi connectivity index (χ1n) is 11.2. The second kappa shape index (κ2) is 9.85. The molecule has 1 atom stereocenters. The summed E-state index contributed by atoms with van der Waals surface area (Å²) in [6.45, 7) is 1.00. The molecule has 0 saturated carbocycles. The van der Waals surface area contributed by atoms with Gasteiger partial charge in [0.05, 0.1) is 25.3 Å². The summed E-state index contributed by atoms with van der Waals surface area (Å²) in [4.78, 5) is 42.2. The lowest BCUT2D eigenvalue weighted by molar-refractivity contribution is -0.141. The molecular weight excluding hydrogens is 470 g/mol. The third-order valence-electron chi connectivity index (χ3n) is 6.10. The fraction of sp³-hybridized carbons (Fsp3) is 0.280. The lowest BCUT2D eigenvalue weighted by atomic mass is 9.98. The van der Waals surface area contributed by atoms with Crippen LogP contribution in [0.3, 0.4) is 0 Å². The number of morpholine rings is 1. The van der Waals surface area contributed by atoms with Crippen molar-refractivity contribution in [1.82, 2.24) is 9.88 Å². The van der Waals surface area contributed by atoms with Crippen molar-refractivity contribution in [3.8, 4) is 11.1 Å². The molecule has 3 aromatic rings. The Labute approximate surface area is 205 Å². The number of carboxylic acids is 1. The molecule has 1 aliphatic heterocycles. The van der Waals surface area contributed by atoms with E-state index < -0.39 is 18.2 Å². The molecule has 2 amide bonds. The number of benzene rings is 2. The highest BCUT2D eigenvalue weighted by Gasteiger charge is 2.30. The fourth-order valence-electron chi connectivity index (χ4n) is 4.53. The fourth-order valence-corrected chi connectivity index (χ4v) is 5.30. The van der Waals surface area contributed by atoms with Crippen LogP contribution in [-0.2, 0) is 14.3 Å². The monoisotopic (exact) mass is 493 g/mol. The van der Waals surface area contributed by atoms with E-state index in [2.05, 4.69) is 22.4 Å². The Bertz CT molecular complexity index is 1230. The van der Waals surface area contributed by atoms with Gasteiger partial charge < -0.3 is 19.5 Å². The van der Waals surface area contributed by atoms with E-state index in [0.29, 0.717) is 11.4 Å². The smallest absolute Gasteiger partial charge is 0.413 e. The van der Waals surface area contributed by atoms with E-state index in [-0.39, 0.29) is 43.1 Å². The van der Waals surface area contributed by atoms with Gasteiger partial charge in [-0.1, -0.05) is 59.9 Å². The first kappa shape index (κ1) is 23.0. The van der Waals surface area contributed by atoms with Gasteiger partial charge in [-0.05, 0) is 22.3 Å². The second-order valence-electron chi connectivity index (χ2n) is 8.32. The van der Waals surface area contributed by atoms with Gasteiger partial charge in [0.25, 0.3) is 5.91 Å². The summed E-state index contributed by atoms with van der Waals surface area (Å²) in [5.41, 5.74) is 4.54. The summed E-state index contributed by atoms with van der Waals surface area (Å²) in [6, 6.07) is 16.2. The van der Waals surface area contributed by atoms with Gasteiger partial charge in [-0.3, -0.25) is 14.9 Å². The van der Waals surface area contributed by atoms with Crippen molar-refractivity contribution in [2.75, 3.05) is 31.6 Å². The summed E-state index contributed by atoms with van der Waals surface area (Å²) < 4.78 is 10.9. The van der Waals surface area contributed by atoms with Gasteiger partial charge in [0, 0.05) is 19.0 Å². The number of fused-ring (bicyclic) bond motifs is 3. The van der Waals surface area contributed by atoms with Crippen molar-refractivity contribution in [3.63, 3.8) is 0 Å². The number of carbonyl (C=O) groups excluding carboxylic acids is 2. The molecule has 9 nitrogen and oxygen atoms in total.